The van der Waals surface area contributed by atoms with Crippen LogP contribution in [0.3, 0.4) is 0 Å². The van der Waals surface area contributed by atoms with Crippen LogP contribution in [0.2, 0.25) is 0 Å². The monoisotopic (exact) mass is 273 g/mol. The van der Waals surface area contributed by atoms with Gasteiger partial charge in [-0.2, -0.15) is 0 Å². The lowest BCUT2D eigenvalue weighted by molar-refractivity contribution is 0.580. The second-order valence-electron chi connectivity index (χ2n) is 4.13. The van der Waals surface area contributed by atoms with Crippen LogP contribution in [0.5, 0.6) is 0 Å². The van der Waals surface area contributed by atoms with E-state index in [9.17, 15) is 8.42 Å². The molecule has 0 unspecified atom stereocenters. The fourth-order valence-corrected chi connectivity index (χ4v) is 2.88. The molecule has 104 valence electrons. The van der Waals surface area contributed by atoms with Crippen LogP contribution in [0.25, 0.3) is 0 Å². The molecule has 18 heavy (non-hydrogen) atoms. The largest absolute Gasteiger partial charge is 0.349 e. The topological polar surface area (TPSA) is 63.1 Å². The quantitative estimate of drug-likeness (QED) is 0.750. The Bertz CT molecular complexity index is 466. The van der Waals surface area contributed by atoms with E-state index in [0.29, 0.717) is 18.0 Å². The molecule has 0 aliphatic heterocycles. The average molecular weight is 273 g/mol. The molecule has 2 N–H and O–H groups in total. The molecule has 1 rings (SSSR count). The van der Waals surface area contributed by atoms with Crippen molar-refractivity contribution in [2.75, 3.05) is 13.1 Å². The van der Waals surface area contributed by atoms with Gasteiger partial charge in [-0.15, -0.1) is 0 Å². The zero-order valence-corrected chi connectivity index (χ0v) is 12.2. The van der Waals surface area contributed by atoms with Gasteiger partial charge in [0.25, 0.3) is 0 Å². The molecular formula is C12H23N3O2S. The number of sulfonamides is 1. The van der Waals surface area contributed by atoms with Gasteiger partial charge >= 0.3 is 0 Å². The molecule has 0 bridgehead atoms. The Morgan fingerprint density at radius 1 is 1.28 bits per heavy atom. The van der Waals surface area contributed by atoms with Crippen molar-refractivity contribution in [3.05, 3.63) is 18.0 Å². The summed E-state index contributed by atoms with van der Waals surface area (Å²) >= 11 is 0. The van der Waals surface area contributed by atoms with Gasteiger partial charge in [0.05, 0.1) is 4.90 Å². The maximum Gasteiger partial charge on any atom is 0.242 e. The van der Waals surface area contributed by atoms with Crippen LogP contribution in [0.4, 0.5) is 0 Å². The molecule has 0 aliphatic rings. The fraction of sp³-hybridized carbons (Fsp3) is 0.667. The summed E-state index contributed by atoms with van der Waals surface area (Å²) in [6.45, 7) is 8.77. The standard InChI is InChI=1S/C12H23N3O2S/c1-4-7-14-18(16,17)12-8-11(9-13-5-2)15(6-3)10-12/h8,10,13-14H,4-7,9H2,1-3H3. The summed E-state index contributed by atoms with van der Waals surface area (Å²) in [5.74, 6) is 0. The highest BCUT2D eigenvalue weighted by molar-refractivity contribution is 7.89. The van der Waals surface area contributed by atoms with E-state index >= 15 is 0 Å². The molecule has 0 saturated carbocycles. The smallest absolute Gasteiger partial charge is 0.242 e. The van der Waals surface area contributed by atoms with Gasteiger partial charge in [-0.25, -0.2) is 13.1 Å². The number of rotatable bonds is 8. The predicted octanol–water partition coefficient (Wildman–Crippen LogP) is 1.31. The first kappa shape index (κ1) is 15.2. The van der Waals surface area contributed by atoms with Gasteiger partial charge in [-0.3, -0.25) is 0 Å². The molecule has 1 aromatic heterocycles. The molecule has 0 saturated heterocycles. The van der Waals surface area contributed by atoms with E-state index in [1.807, 2.05) is 25.3 Å². The summed E-state index contributed by atoms with van der Waals surface area (Å²) in [6.07, 6.45) is 2.49. The van der Waals surface area contributed by atoms with Crippen molar-refractivity contribution in [2.45, 2.75) is 45.2 Å². The lowest BCUT2D eigenvalue weighted by Crippen LogP contribution is -2.24. The maximum atomic E-state index is 12.0. The minimum atomic E-state index is -3.36. The Balaban J connectivity index is 2.93. The first-order valence-corrected chi connectivity index (χ1v) is 7.92. The zero-order valence-electron chi connectivity index (χ0n) is 11.4. The third-order valence-electron chi connectivity index (χ3n) is 2.71. The Morgan fingerprint density at radius 2 is 2.00 bits per heavy atom. The van der Waals surface area contributed by atoms with Gasteiger partial charge in [0.2, 0.25) is 10.0 Å². The molecule has 0 aromatic carbocycles. The van der Waals surface area contributed by atoms with Crippen LogP contribution in [0.15, 0.2) is 17.2 Å². The molecule has 0 fully saturated rings. The summed E-state index contributed by atoms with van der Waals surface area (Å²) in [5, 5.41) is 3.21. The van der Waals surface area contributed by atoms with Crippen LogP contribution in [0.1, 0.15) is 32.9 Å². The lowest BCUT2D eigenvalue weighted by atomic mass is 10.4. The number of nitrogens with one attached hydrogen (secondary N) is 2. The highest BCUT2D eigenvalue weighted by atomic mass is 32.2. The Hall–Kier alpha value is -0.850. The third-order valence-corrected chi connectivity index (χ3v) is 4.14. The summed E-state index contributed by atoms with van der Waals surface area (Å²) in [5.41, 5.74) is 0.997. The van der Waals surface area contributed by atoms with Crippen LogP contribution < -0.4 is 10.0 Å². The molecule has 0 amide bonds. The first-order chi connectivity index (χ1) is 8.55. The molecule has 1 aromatic rings. The number of aryl methyl sites for hydroxylation is 1. The van der Waals surface area contributed by atoms with Crippen LogP contribution in [-0.2, 0) is 23.1 Å². The molecule has 0 aliphatic carbocycles. The highest BCUT2D eigenvalue weighted by Gasteiger charge is 2.17. The van der Waals surface area contributed by atoms with Crippen molar-refractivity contribution in [1.82, 2.24) is 14.6 Å². The molecule has 0 atom stereocenters. The van der Waals surface area contributed by atoms with Gasteiger partial charge in [-0.1, -0.05) is 13.8 Å². The molecular weight excluding hydrogens is 250 g/mol. The number of nitrogens with zero attached hydrogens (tertiary/aromatic N) is 1. The van der Waals surface area contributed by atoms with Crippen molar-refractivity contribution < 1.29 is 8.42 Å². The van der Waals surface area contributed by atoms with E-state index in [-0.39, 0.29) is 0 Å². The van der Waals surface area contributed by atoms with Gasteiger partial charge in [0, 0.05) is 31.5 Å². The Morgan fingerprint density at radius 3 is 2.56 bits per heavy atom. The van der Waals surface area contributed by atoms with E-state index in [1.165, 1.54) is 0 Å². The second-order valence-corrected chi connectivity index (χ2v) is 5.90. The molecule has 5 nitrogen and oxygen atoms in total. The lowest BCUT2D eigenvalue weighted by Gasteiger charge is -2.05. The average Bonchev–Trinajstić information content (AvgIpc) is 2.78. The fourth-order valence-electron chi connectivity index (χ4n) is 1.69. The van der Waals surface area contributed by atoms with Crippen molar-refractivity contribution in [2.24, 2.45) is 0 Å². The van der Waals surface area contributed by atoms with E-state index in [0.717, 1.165) is 25.2 Å². The summed E-state index contributed by atoms with van der Waals surface area (Å²) in [7, 11) is -3.36. The summed E-state index contributed by atoms with van der Waals surface area (Å²) in [6, 6.07) is 1.74. The first-order valence-electron chi connectivity index (χ1n) is 6.44. The van der Waals surface area contributed by atoms with Gasteiger partial charge in [0.1, 0.15) is 0 Å². The molecule has 0 spiro atoms. The van der Waals surface area contributed by atoms with Crippen LogP contribution in [0, 0.1) is 0 Å². The van der Waals surface area contributed by atoms with Crippen molar-refractivity contribution >= 4 is 10.0 Å². The molecule has 6 heteroatoms. The van der Waals surface area contributed by atoms with Gasteiger partial charge < -0.3 is 9.88 Å². The minimum absolute atomic E-state index is 0.353. The van der Waals surface area contributed by atoms with Crippen molar-refractivity contribution in [3.63, 3.8) is 0 Å². The Labute approximate surface area is 110 Å². The van der Waals surface area contributed by atoms with Crippen molar-refractivity contribution in [3.8, 4) is 0 Å². The van der Waals surface area contributed by atoms with E-state index in [1.54, 1.807) is 12.3 Å². The van der Waals surface area contributed by atoms with Crippen LogP contribution >= 0.6 is 0 Å². The van der Waals surface area contributed by atoms with Gasteiger partial charge in [-0.05, 0) is 26.0 Å². The SMILES string of the molecule is CCCNS(=O)(=O)c1cc(CNCC)n(CC)c1. The molecule has 0 radical (unpaired) electrons. The van der Waals surface area contributed by atoms with Crippen LogP contribution in [-0.4, -0.2) is 26.1 Å². The highest BCUT2D eigenvalue weighted by Crippen LogP contribution is 2.14. The number of hydrogen-bond donors (Lipinski definition) is 2. The Kier molecular flexibility index (Phi) is 5.84. The normalized spacial score (nSPS) is 11.9. The van der Waals surface area contributed by atoms with E-state index in [2.05, 4.69) is 10.0 Å². The number of hydrogen-bond acceptors (Lipinski definition) is 3. The number of aromatic nitrogens is 1. The van der Waals surface area contributed by atoms with E-state index in [4.69, 9.17) is 0 Å². The van der Waals surface area contributed by atoms with Crippen molar-refractivity contribution in [1.29, 1.82) is 0 Å². The summed E-state index contributed by atoms with van der Waals surface area (Å²) < 4.78 is 28.5. The maximum absolute atomic E-state index is 12.0. The summed E-state index contributed by atoms with van der Waals surface area (Å²) in [4.78, 5) is 0.353. The second kappa shape index (κ2) is 6.92. The van der Waals surface area contributed by atoms with Gasteiger partial charge in [0.15, 0.2) is 0 Å². The third kappa shape index (κ3) is 3.83. The predicted molar refractivity (Wildman–Crippen MR) is 73.0 cm³/mol. The molecule has 1 heterocycles. The zero-order chi connectivity index (χ0) is 13.6. The minimum Gasteiger partial charge on any atom is -0.349 e. The van der Waals surface area contributed by atoms with E-state index < -0.39 is 10.0 Å².